The second kappa shape index (κ2) is 5.60. The number of ketones is 1. The van der Waals surface area contributed by atoms with Crippen molar-refractivity contribution in [2.45, 2.75) is 20.3 Å². The summed E-state index contributed by atoms with van der Waals surface area (Å²) in [6, 6.07) is 15.7. The van der Waals surface area contributed by atoms with Crippen LogP contribution < -0.4 is 5.56 Å². The average Bonchev–Trinajstić information content (AvgIpc) is 2.49. The Morgan fingerprint density at radius 2 is 1.82 bits per heavy atom. The number of benzene rings is 2. The van der Waals surface area contributed by atoms with Crippen LogP contribution >= 0.6 is 0 Å². The third-order valence-corrected chi connectivity index (χ3v) is 3.76. The van der Waals surface area contributed by atoms with Crippen LogP contribution in [0.15, 0.2) is 53.3 Å². The molecule has 3 aromatic rings. The number of H-pyrrole nitrogens is 1. The first-order valence-corrected chi connectivity index (χ1v) is 7.26. The van der Waals surface area contributed by atoms with Crippen molar-refractivity contribution >= 4 is 16.7 Å². The first kappa shape index (κ1) is 14.3. The Labute approximate surface area is 128 Å². The minimum absolute atomic E-state index is 0.0188. The highest BCUT2D eigenvalue weighted by molar-refractivity contribution is 5.97. The zero-order valence-electron chi connectivity index (χ0n) is 12.6. The van der Waals surface area contributed by atoms with Crippen LogP contribution in [0.4, 0.5) is 0 Å². The van der Waals surface area contributed by atoms with Crippen LogP contribution in [0.3, 0.4) is 0 Å². The van der Waals surface area contributed by atoms with E-state index in [1.165, 1.54) is 6.92 Å². The SMILES string of the molecule is CC(=O)Cc1c(-c2ccccc2)c2cc(C)ccc2[nH]c1=O. The standard InChI is InChI=1S/C19H17NO2/c1-12-8-9-17-15(10-12)18(14-6-4-3-5-7-14)16(11-13(2)21)19(22)20-17/h3-10H,11H2,1-2H3,(H,20,22). The van der Waals surface area contributed by atoms with E-state index >= 15 is 0 Å². The molecule has 110 valence electrons. The molecular weight excluding hydrogens is 274 g/mol. The van der Waals surface area contributed by atoms with Crippen LogP contribution in [-0.2, 0) is 11.2 Å². The fourth-order valence-corrected chi connectivity index (χ4v) is 2.80. The van der Waals surface area contributed by atoms with E-state index in [0.29, 0.717) is 5.56 Å². The number of aromatic nitrogens is 1. The molecule has 0 aliphatic rings. The Hall–Kier alpha value is -2.68. The van der Waals surface area contributed by atoms with E-state index in [2.05, 4.69) is 11.1 Å². The number of aromatic amines is 1. The van der Waals surface area contributed by atoms with Gasteiger partial charge in [-0.05, 0) is 31.5 Å². The Bertz CT molecular complexity index is 908. The lowest BCUT2D eigenvalue weighted by Gasteiger charge is -2.12. The lowest BCUT2D eigenvalue weighted by atomic mass is 9.93. The molecule has 0 spiro atoms. The van der Waals surface area contributed by atoms with Crippen LogP contribution in [0.5, 0.6) is 0 Å². The third kappa shape index (κ3) is 2.58. The summed E-state index contributed by atoms with van der Waals surface area (Å²) < 4.78 is 0. The first-order valence-electron chi connectivity index (χ1n) is 7.26. The van der Waals surface area contributed by atoms with Gasteiger partial charge in [0.1, 0.15) is 5.78 Å². The molecule has 0 radical (unpaired) electrons. The molecule has 1 N–H and O–H groups in total. The Balaban J connectivity index is 2.44. The van der Waals surface area contributed by atoms with Gasteiger partial charge in [-0.25, -0.2) is 0 Å². The molecule has 2 aromatic carbocycles. The Kier molecular flexibility index (Phi) is 3.63. The number of carbonyl (C=O) groups is 1. The van der Waals surface area contributed by atoms with E-state index in [1.54, 1.807) is 0 Å². The highest BCUT2D eigenvalue weighted by Crippen LogP contribution is 2.30. The average molecular weight is 291 g/mol. The maximum Gasteiger partial charge on any atom is 0.252 e. The van der Waals surface area contributed by atoms with Gasteiger partial charge in [0.2, 0.25) is 0 Å². The predicted octanol–water partition coefficient (Wildman–Crippen LogP) is 3.64. The van der Waals surface area contributed by atoms with E-state index in [-0.39, 0.29) is 17.8 Å². The van der Waals surface area contributed by atoms with Crippen molar-refractivity contribution in [2.75, 3.05) is 0 Å². The molecule has 0 saturated heterocycles. The summed E-state index contributed by atoms with van der Waals surface area (Å²) in [5.41, 5.74) is 4.08. The molecule has 0 aliphatic carbocycles. The molecule has 1 aromatic heterocycles. The van der Waals surface area contributed by atoms with Gasteiger partial charge < -0.3 is 4.98 Å². The fraction of sp³-hybridized carbons (Fsp3) is 0.158. The molecule has 0 saturated carbocycles. The maximum absolute atomic E-state index is 12.4. The van der Waals surface area contributed by atoms with Gasteiger partial charge in [-0.3, -0.25) is 9.59 Å². The van der Waals surface area contributed by atoms with Crippen molar-refractivity contribution in [1.29, 1.82) is 0 Å². The molecule has 0 aliphatic heterocycles. The van der Waals surface area contributed by atoms with Gasteiger partial charge in [-0.1, -0.05) is 42.0 Å². The summed E-state index contributed by atoms with van der Waals surface area (Å²) in [6.07, 6.45) is 0.142. The number of hydrogen-bond donors (Lipinski definition) is 1. The smallest absolute Gasteiger partial charge is 0.252 e. The summed E-state index contributed by atoms with van der Waals surface area (Å²) in [5, 5.41) is 0.974. The fourth-order valence-electron chi connectivity index (χ4n) is 2.80. The van der Waals surface area contributed by atoms with Crippen LogP contribution in [0, 0.1) is 6.92 Å². The third-order valence-electron chi connectivity index (χ3n) is 3.76. The zero-order valence-corrected chi connectivity index (χ0v) is 12.6. The molecule has 0 unspecified atom stereocenters. The van der Waals surface area contributed by atoms with Crippen LogP contribution in [0.2, 0.25) is 0 Å². The van der Waals surface area contributed by atoms with Crippen LogP contribution in [0.1, 0.15) is 18.1 Å². The van der Waals surface area contributed by atoms with Crippen LogP contribution in [0.25, 0.3) is 22.0 Å². The van der Waals surface area contributed by atoms with Gasteiger partial charge in [0.05, 0.1) is 0 Å². The number of aryl methyl sites for hydroxylation is 1. The van der Waals surface area contributed by atoms with E-state index in [4.69, 9.17) is 0 Å². The Morgan fingerprint density at radius 1 is 1.09 bits per heavy atom. The number of hydrogen-bond acceptors (Lipinski definition) is 2. The summed E-state index contributed by atoms with van der Waals surface area (Å²) in [5.74, 6) is -0.0188. The monoisotopic (exact) mass is 291 g/mol. The van der Waals surface area contributed by atoms with Crippen molar-refractivity contribution in [3.05, 3.63) is 70.0 Å². The van der Waals surface area contributed by atoms with Gasteiger partial charge in [0.15, 0.2) is 0 Å². The summed E-state index contributed by atoms with van der Waals surface area (Å²) in [4.78, 5) is 26.9. The highest BCUT2D eigenvalue weighted by Gasteiger charge is 2.15. The molecule has 0 bridgehead atoms. The van der Waals surface area contributed by atoms with Gasteiger partial charge in [0, 0.05) is 28.5 Å². The molecule has 0 atom stereocenters. The highest BCUT2D eigenvalue weighted by atomic mass is 16.1. The molecule has 0 amide bonds. The molecule has 1 heterocycles. The molecule has 3 rings (SSSR count). The van der Waals surface area contributed by atoms with Gasteiger partial charge in [-0.2, -0.15) is 0 Å². The summed E-state index contributed by atoms with van der Waals surface area (Å²) in [7, 11) is 0. The number of carbonyl (C=O) groups excluding carboxylic acids is 1. The number of rotatable bonds is 3. The van der Waals surface area contributed by atoms with E-state index in [9.17, 15) is 9.59 Å². The zero-order chi connectivity index (χ0) is 15.7. The molecule has 0 fully saturated rings. The number of fused-ring (bicyclic) bond motifs is 1. The van der Waals surface area contributed by atoms with Gasteiger partial charge in [0.25, 0.3) is 5.56 Å². The minimum Gasteiger partial charge on any atom is -0.322 e. The van der Waals surface area contributed by atoms with Crippen molar-refractivity contribution < 1.29 is 4.79 Å². The molecule has 3 heteroatoms. The predicted molar refractivity (Wildman–Crippen MR) is 89.1 cm³/mol. The normalized spacial score (nSPS) is 10.8. The largest absolute Gasteiger partial charge is 0.322 e. The van der Waals surface area contributed by atoms with E-state index < -0.39 is 0 Å². The summed E-state index contributed by atoms with van der Waals surface area (Å²) in [6.45, 7) is 3.53. The lowest BCUT2D eigenvalue weighted by Crippen LogP contribution is -2.17. The number of pyridine rings is 1. The summed E-state index contributed by atoms with van der Waals surface area (Å²) >= 11 is 0. The molecule has 22 heavy (non-hydrogen) atoms. The van der Waals surface area contributed by atoms with Crippen molar-refractivity contribution in [3.8, 4) is 11.1 Å². The lowest BCUT2D eigenvalue weighted by molar-refractivity contribution is -0.116. The Morgan fingerprint density at radius 3 is 2.50 bits per heavy atom. The quantitative estimate of drug-likeness (QED) is 0.801. The van der Waals surface area contributed by atoms with E-state index in [1.807, 2.05) is 49.4 Å². The second-order valence-corrected chi connectivity index (χ2v) is 5.60. The van der Waals surface area contributed by atoms with Crippen LogP contribution in [-0.4, -0.2) is 10.8 Å². The second-order valence-electron chi connectivity index (χ2n) is 5.60. The van der Waals surface area contributed by atoms with E-state index in [0.717, 1.165) is 27.6 Å². The molecule has 3 nitrogen and oxygen atoms in total. The van der Waals surface area contributed by atoms with Crippen molar-refractivity contribution in [2.24, 2.45) is 0 Å². The minimum atomic E-state index is -0.189. The molecular formula is C19H17NO2. The number of Topliss-reactive ketones (excluding diaryl/α,β-unsaturated/α-hetero) is 1. The van der Waals surface area contributed by atoms with Crippen molar-refractivity contribution in [3.63, 3.8) is 0 Å². The van der Waals surface area contributed by atoms with Gasteiger partial charge in [-0.15, -0.1) is 0 Å². The van der Waals surface area contributed by atoms with Gasteiger partial charge >= 0.3 is 0 Å². The van der Waals surface area contributed by atoms with Crippen molar-refractivity contribution in [1.82, 2.24) is 4.98 Å². The maximum atomic E-state index is 12.4. The number of nitrogens with one attached hydrogen (secondary N) is 1. The first-order chi connectivity index (χ1) is 10.6. The topological polar surface area (TPSA) is 49.9 Å².